The first-order valence-electron chi connectivity index (χ1n) is 6.61. The first-order valence-corrected chi connectivity index (χ1v) is 6.61. The second-order valence-electron chi connectivity index (χ2n) is 5.03. The molecule has 4 nitrogen and oxygen atoms in total. The number of hydrogen-bond acceptors (Lipinski definition) is 4. The standard InChI is InChI=1S/C13H19F3N4/c1-17-11-6-9(13(14,15)16)7-12(19-11)18-8-10-4-3-5-20(10)2/h6-7,10H,3-5,8H2,1-2H3,(H2,17,18,19). The maximum absolute atomic E-state index is 12.8. The molecule has 1 aliphatic rings. The number of pyridine rings is 1. The van der Waals surface area contributed by atoms with E-state index in [0.717, 1.165) is 31.5 Å². The predicted molar refractivity (Wildman–Crippen MR) is 72.9 cm³/mol. The number of hydrogen-bond donors (Lipinski definition) is 2. The smallest absolute Gasteiger partial charge is 0.373 e. The summed E-state index contributed by atoms with van der Waals surface area (Å²) in [6, 6.07) is 2.41. The molecule has 1 aliphatic heterocycles. The Morgan fingerprint density at radius 1 is 1.35 bits per heavy atom. The van der Waals surface area contributed by atoms with E-state index in [9.17, 15) is 13.2 Å². The summed E-state index contributed by atoms with van der Waals surface area (Å²) in [6.45, 7) is 1.64. The van der Waals surface area contributed by atoms with Gasteiger partial charge >= 0.3 is 6.18 Å². The molecule has 0 spiro atoms. The third-order valence-corrected chi connectivity index (χ3v) is 3.60. The number of halogens is 3. The molecule has 1 aromatic heterocycles. The van der Waals surface area contributed by atoms with Crippen molar-refractivity contribution in [2.45, 2.75) is 25.1 Å². The van der Waals surface area contributed by atoms with Gasteiger partial charge in [-0.05, 0) is 38.6 Å². The van der Waals surface area contributed by atoms with Crippen LogP contribution in [0.5, 0.6) is 0 Å². The molecule has 1 atom stereocenters. The molecule has 20 heavy (non-hydrogen) atoms. The van der Waals surface area contributed by atoms with Crippen LogP contribution in [0.4, 0.5) is 24.8 Å². The molecule has 0 bridgehead atoms. The predicted octanol–water partition coefficient (Wildman–Crippen LogP) is 2.65. The number of aromatic nitrogens is 1. The van der Waals surface area contributed by atoms with E-state index in [1.165, 1.54) is 0 Å². The minimum Gasteiger partial charge on any atom is -0.373 e. The third-order valence-electron chi connectivity index (χ3n) is 3.60. The Morgan fingerprint density at radius 2 is 2.05 bits per heavy atom. The highest BCUT2D eigenvalue weighted by Crippen LogP contribution is 2.32. The van der Waals surface area contributed by atoms with Crippen molar-refractivity contribution in [3.63, 3.8) is 0 Å². The summed E-state index contributed by atoms with van der Waals surface area (Å²) in [5.74, 6) is 0.464. The van der Waals surface area contributed by atoms with Gasteiger partial charge in [-0.1, -0.05) is 0 Å². The summed E-state index contributed by atoms with van der Waals surface area (Å²) >= 11 is 0. The average molecular weight is 288 g/mol. The quantitative estimate of drug-likeness (QED) is 0.893. The van der Waals surface area contributed by atoms with E-state index in [2.05, 4.69) is 20.5 Å². The summed E-state index contributed by atoms with van der Waals surface area (Å²) < 4.78 is 38.4. The number of rotatable bonds is 4. The van der Waals surface area contributed by atoms with Crippen molar-refractivity contribution in [3.8, 4) is 0 Å². The lowest BCUT2D eigenvalue weighted by atomic mass is 10.2. The molecule has 1 fully saturated rings. The second-order valence-corrected chi connectivity index (χ2v) is 5.03. The lowest BCUT2D eigenvalue weighted by Crippen LogP contribution is -2.31. The van der Waals surface area contributed by atoms with Gasteiger partial charge in [0.25, 0.3) is 0 Å². The molecule has 112 valence electrons. The highest BCUT2D eigenvalue weighted by Gasteiger charge is 2.31. The van der Waals surface area contributed by atoms with Gasteiger partial charge in [0.2, 0.25) is 0 Å². The zero-order chi connectivity index (χ0) is 14.8. The zero-order valence-electron chi connectivity index (χ0n) is 11.6. The molecule has 0 radical (unpaired) electrons. The zero-order valence-corrected chi connectivity index (χ0v) is 11.6. The molecule has 1 saturated heterocycles. The number of anilines is 2. The molecule has 1 unspecified atom stereocenters. The van der Waals surface area contributed by atoms with Crippen LogP contribution in [0, 0.1) is 0 Å². The third kappa shape index (κ3) is 3.53. The minimum atomic E-state index is -4.37. The normalized spacial score (nSPS) is 20.1. The van der Waals surface area contributed by atoms with E-state index in [4.69, 9.17) is 0 Å². The van der Waals surface area contributed by atoms with E-state index in [-0.39, 0.29) is 11.6 Å². The lowest BCUT2D eigenvalue weighted by Gasteiger charge is -2.20. The topological polar surface area (TPSA) is 40.2 Å². The first kappa shape index (κ1) is 14.9. The van der Waals surface area contributed by atoms with E-state index < -0.39 is 11.7 Å². The van der Waals surface area contributed by atoms with Gasteiger partial charge in [-0.15, -0.1) is 0 Å². The Balaban J connectivity index is 2.10. The van der Waals surface area contributed by atoms with Crippen LogP contribution in [0.15, 0.2) is 12.1 Å². The molecule has 0 saturated carbocycles. The Labute approximate surface area is 116 Å². The summed E-state index contributed by atoms with van der Waals surface area (Å²) in [5, 5.41) is 5.67. The Kier molecular flexibility index (Phi) is 4.37. The summed E-state index contributed by atoms with van der Waals surface area (Å²) in [6.07, 6.45) is -2.18. The van der Waals surface area contributed by atoms with E-state index in [0.29, 0.717) is 12.6 Å². The van der Waals surface area contributed by atoms with Crippen LogP contribution in [-0.2, 0) is 6.18 Å². The molecule has 2 N–H and O–H groups in total. The number of likely N-dealkylation sites (tertiary alicyclic amines) is 1. The van der Waals surface area contributed by atoms with Crippen molar-refractivity contribution < 1.29 is 13.2 Å². The van der Waals surface area contributed by atoms with Crippen LogP contribution < -0.4 is 10.6 Å². The molecule has 2 rings (SSSR count). The summed E-state index contributed by atoms with van der Waals surface area (Å²) in [4.78, 5) is 6.32. The number of alkyl halides is 3. The van der Waals surface area contributed by atoms with Crippen LogP contribution in [-0.4, -0.2) is 43.1 Å². The largest absolute Gasteiger partial charge is 0.416 e. The van der Waals surface area contributed by atoms with Gasteiger partial charge in [0.15, 0.2) is 0 Å². The first-order chi connectivity index (χ1) is 9.40. The van der Waals surface area contributed by atoms with Crippen molar-refractivity contribution in [2.75, 3.05) is 37.8 Å². The van der Waals surface area contributed by atoms with Crippen LogP contribution in [0.3, 0.4) is 0 Å². The van der Waals surface area contributed by atoms with Crippen LogP contribution in [0.2, 0.25) is 0 Å². The van der Waals surface area contributed by atoms with Crippen LogP contribution in [0.1, 0.15) is 18.4 Å². The Hall–Kier alpha value is -1.50. The molecule has 1 aromatic rings. The van der Waals surface area contributed by atoms with Crippen molar-refractivity contribution in [2.24, 2.45) is 0 Å². The van der Waals surface area contributed by atoms with Crippen molar-refractivity contribution in [3.05, 3.63) is 17.7 Å². The molecule has 2 heterocycles. The molecule has 7 heteroatoms. The van der Waals surface area contributed by atoms with Gasteiger partial charge in [-0.25, -0.2) is 4.98 Å². The molecule has 0 aliphatic carbocycles. The van der Waals surface area contributed by atoms with Crippen molar-refractivity contribution in [1.29, 1.82) is 0 Å². The highest BCUT2D eigenvalue weighted by molar-refractivity contribution is 5.49. The number of nitrogens with zero attached hydrogens (tertiary/aromatic N) is 2. The fourth-order valence-corrected chi connectivity index (χ4v) is 2.37. The number of likely N-dealkylation sites (N-methyl/N-ethyl adjacent to an activating group) is 1. The van der Waals surface area contributed by atoms with Gasteiger partial charge in [0.1, 0.15) is 11.6 Å². The van der Waals surface area contributed by atoms with E-state index in [1.54, 1.807) is 7.05 Å². The van der Waals surface area contributed by atoms with Gasteiger partial charge in [-0.3, -0.25) is 0 Å². The maximum atomic E-state index is 12.8. The summed E-state index contributed by atoms with van der Waals surface area (Å²) in [7, 11) is 3.58. The van der Waals surface area contributed by atoms with Gasteiger partial charge in [-0.2, -0.15) is 13.2 Å². The van der Waals surface area contributed by atoms with Gasteiger partial charge in [0, 0.05) is 19.6 Å². The van der Waals surface area contributed by atoms with Gasteiger partial charge in [0.05, 0.1) is 5.56 Å². The fourth-order valence-electron chi connectivity index (χ4n) is 2.37. The van der Waals surface area contributed by atoms with E-state index >= 15 is 0 Å². The summed E-state index contributed by atoms with van der Waals surface area (Å²) in [5.41, 5.74) is -0.695. The average Bonchev–Trinajstić information content (AvgIpc) is 2.80. The van der Waals surface area contributed by atoms with E-state index in [1.807, 2.05) is 7.05 Å². The minimum absolute atomic E-state index is 0.210. The van der Waals surface area contributed by atoms with Crippen molar-refractivity contribution >= 4 is 11.6 Å². The lowest BCUT2D eigenvalue weighted by molar-refractivity contribution is -0.137. The van der Waals surface area contributed by atoms with Crippen molar-refractivity contribution in [1.82, 2.24) is 9.88 Å². The monoisotopic (exact) mass is 288 g/mol. The fraction of sp³-hybridized carbons (Fsp3) is 0.615. The van der Waals surface area contributed by atoms with Crippen LogP contribution in [0.25, 0.3) is 0 Å². The number of nitrogens with one attached hydrogen (secondary N) is 2. The molecule has 0 aromatic carbocycles. The molecule has 0 amide bonds. The Morgan fingerprint density at radius 3 is 2.60 bits per heavy atom. The SMILES string of the molecule is CNc1cc(C(F)(F)F)cc(NCC2CCCN2C)n1. The second kappa shape index (κ2) is 5.87. The molecular weight excluding hydrogens is 269 g/mol. The maximum Gasteiger partial charge on any atom is 0.416 e. The highest BCUT2D eigenvalue weighted by atomic mass is 19.4. The van der Waals surface area contributed by atoms with Gasteiger partial charge < -0.3 is 15.5 Å². The van der Waals surface area contributed by atoms with Crippen LogP contribution >= 0.6 is 0 Å². The molecular formula is C13H19F3N4. The Bertz CT molecular complexity index is 461.